The third-order valence-electron chi connectivity index (χ3n) is 2.50. The predicted octanol–water partition coefficient (Wildman–Crippen LogP) is 3.12. The van der Waals surface area contributed by atoms with E-state index in [1.165, 1.54) is 11.8 Å². The van der Waals surface area contributed by atoms with Crippen molar-refractivity contribution in [2.45, 2.75) is 10.1 Å². The Morgan fingerprint density at radius 2 is 2.00 bits per heavy atom. The number of hydrogen-bond acceptors (Lipinski definition) is 4. The lowest BCUT2D eigenvalue weighted by Crippen LogP contribution is -1.91. The van der Waals surface area contributed by atoms with E-state index in [-0.39, 0.29) is 0 Å². The van der Waals surface area contributed by atoms with Gasteiger partial charge in [0.1, 0.15) is 0 Å². The van der Waals surface area contributed by atoms with Crippen molar-refractivity contribution in [1.29, 1.82) is 0 Å². The molecule has 18 heavy (non-hydrogen) atoms. The highest BCUT2D eigenvalue weighted by Gasteiger charge is 2.10. The number of nitrogens with two attached hydrogens (primary N) is 1. The van der Waals surface area contributed by atoms with Gasteiger partial charge in [-0.15, -0.1) is 10.2 Å². The molecule has 4 nitrogen and oxygen atoms in total. The van der Waals surface area contributed by atoms with Gasteiger partial charge in [-0.2, -0.15) is 0 Å². The number of pyridine rings is 1. The van der Waals surface area contributed by atoms with Crippen LogP contribution in [0.25, 0.3) is 5.65 Å². The normalized spacial score (nSPS) is 10.9. The minimum absolute atomic E-state index is 0.550. The van der Waals surface area contributed by atoms with Gasteiger partial charge in [-0.3, -0.25) is 4.40 Å². The Kier molecular flexibility index (Phi) is 2.85. The summed E-state index contributed by atoms with van der Waals surface area (Å²) < 4.78 is 1.91. The fourth-order valence-corrected chi connectivity index (χ4v) is 2.72. The Bertz CT molecular complexity index is 710. The molecule has 0 amide bonds. The van der Waals surface area contributed by atoms with Crippen LogP contribution in [0.4, 0.5) is 5.69 Å². The van der Waals surface area contributed by atoms with Crippen LogP contribution in [0.15, 0.2) is 52.6 Å². The van der Waals surface area contributed by atoms with Crippen molar-refractivity contribution in [1.82, 2.24) is 14.6 Å². The van der Waals surface area contributed by atoms with Gasteiger partial charge in [-0.25, -0.2) is 0 Å². The van der Waals surface area contributed by atoms with Crippen LogP contribution in [-0.4, -0.2) is 14.6 Å². The maximum absolute atomic E-state index is 5.99. The van der Waals surface area contributed by atoms with Crippen LogP contribution in [0.3, 0.4) is 0 Å². The van der Waals surface area contributed by atoms with E-state index < -0.39 is 0 Å². The van der Waals surface area contributed by atoms with E-state index in [4.69, 9.17) is 17.3 Å². The van der Waals surface area contributed by atoms with Crippen molar-refractivity contribution in [2.24, 2.45) is 0 Å². The third kappa shape index (κ3) is 1.91. The SMILES string of the molecule is Nc1c(Cl)cccc1Sc1nnc2ccccn12. The molecule has 0 aliphatic heterocycles. The Balaban J connectivity index is 2.04. The highest BCUT2D eigenvalue weighted by atomic mass is 35.5. The molecule has 1 aromatic carbocycles. The van der Waals surface area contributed by atoms with Crippen LogP contribution in [-0.2, 0) is 0 Å². The second-order valence-corrected chi connectivity index (χ2v) is 5.08. The van der Waals surface area contributed by atoms with E-state index in [2.05, 4.69) is 10.2 Å². The summed E-state index contributed by atoms with van der Waals surface area (Å²) in [6.07, 6.45) is 1.92. The molecule has 2 heterocycles. The zero-order valence-electron chi connectivity index (χ0n) is 9.25. The van der Waals surface area contributed by atoms with Crippen LogP contribution in [0.5, 0.6) is 0 Å². The number of hydrogen-bond donors (Lipinski definition) is 1. The molecule has 2 N–H and O–H groups in total. The minimum Gasteiger partial charge on any atom is -0.397 e. The van der Waals surface area contributed by atoms with E-state index in [0.717, 1.165) is 15.7 Å². The highest BCUT2D eigenvalue weighted by Crippen LogP contribution is 2.34. The summed E-state index contributed by atoms with van der Waals surface area (Å²) in [6, 6.07) is 11.3. The lowest BCUT2D eigenvalue weighted by molar-refractivity contribution is 0.921. The summed E-state index contributed by atoms with van der Waals surface area (Å²) in [4.78, 5) is 0.876. The molecule has 6 heteroatoms. The zero-order valence-corrected chi connectivity index (χ0v) is 10.8. The summed E-state index contributed by atoms with van der Waals surface area (Å²) in [5.74, 6) is 0. The standard InChI is InChI=1S/C12H9ClN4S/c13-8-4-3-5-9(11(8)14)18-12-16-15-10-6-1-2-7-17(10)12/h1-7H,14H2. The van der Waals surface area contributed by atoms with Gasteiger partial charge < -0.3 is 5.73 Å². The van der Waals surface area contributed by atoms with E-state index in [9.17, 15) is 0 Å². The lowest BCUT2D eigenvalue weighted by Gasteiger charge is -2.05. The number of nitrogens with zero attached hydrogens (tertiary/aromatic N) is 3. The second-order valence-electron chi connectivity index (χ2n) is 3.67. The zero-order chi connectivity index (χ0) is 12.5. The maximum atomic E-state index is 5.99. The summed E-state index contributed by atoms with van der Waals surface area (Å²) >= 11 is 7.44. The number of nitrogen functional groups attached to an aromatic ring is 1. The summed E-state index contributed by atoms with van der Waals surface area (Å²) in [5.41, 5.74) is 7.31. The van der Waals surface area contributed by atoms with Crippen LogP contribution in [0.1, 0.15) is 0 Å². The summed E-state index contributed by atoms with van der Waals surface area (Å²) in [6.45, 7) is 0. The summed E-state index contributed by atoms with van der Waals surface area (Å²) in [5, 5.41) is 9.54. The Morgan fingerprint density at radius 1 is 1.11 bits per heavy atom. The monoisotopic (exact) mass is 276 g/mol. The third-order valence-corrected chi connectivity index (χ3v) is 3.86. The van der Waals surface area contributed by atoms with Gasteiger partial charge in [0.25, 0.3) is 0 Å². The minimum atomic E-state index is 0.550. The molecule has 90 valence electrons. The van der Waals surface area contributed by atoms with Crippen molar-refractivity contribution in [3.8, 4) is 0 Å². The van der Waals surface area contributed by atoms with Gasteiger partial charge in [0.15, 0.2) is 5.65 Å². The Hall–Kier alpha value is -1.72. The van der Waals surface area contributed by atoms with E-state index in [1.807, 2.05) is 40.9 Å². The number of halogens is 1. The second kappa shape index (κ2) is 4.51. The summed E-state index contributed by atoms with van der Waals surface area (Å²) in [7, 11) is 0. The molecule has 0 aliphatic rings. The molecule has 0 radical (unpaired) electrons. The van der Waals surface area contributed by atoms with Crippen molar-refractivity contribution < 1.29 is 0 Å². The predicted molar refractivity (Wildman–Crippen MR) is 73.0 cm³/mol. The fourth-order valence-electron chi connectivity index (χ4n) is 1.59. The van der Waals surface area contributed by atoms with Crippen LogP contribution >= 0.6 is 23.4 Å². The maximum Gasteiger partial charge on any atom is 0.200 e. The molecule has 3 aromatic rings. The molecule has 0 aliphatic carbocycles. The van der Waals surface area contributed by atoms with Gasteiger partial charge in [-0.05, 0) is 36.0 Å². The smallest absolute Gasteiger partial charge is 0.200 e. The number of fused-ring (bicyclic) bond motifs is 1. The van der Waals surface area contributed by atoms with E-state index in [1.54, 1.807) is 6.07 Å². The van der Waals surface area contributed by atoms with Crippen LogP contribution in [0, 0.1) is 0 Å². The number of para-hydroxylation sites is 1. The Labute approximate surface area is 113 Å². The van der Waals surface area contributed by atoms with Crippen LogP contribution in [0.2, 0.25) is 5.02 Å². The molecule has 0 atom stereocenters. The molecule has 0 bridgehead atoms. The van der Waals surface area contributed by atoms with Crippen molar-refractivity contribution in [3.63, 3.8) is 0 Å². The van der Waals surface area contributed by atoms with Crippen molar-refractivity contribution in [2.75, 3.05) is 5.73 Å². The molecule has 0 saturated carbocycles. The number of anilines is 1. The van der Waals surface area contributed by atoms with Crippen molar-refractivity contribution >= 4 is 34.7 Å². The number of aromatic nitrogens is 3. The Morgan fingerprint density at radius 3 is 2.89 bits per heavy atom. The average molecular weight is 277 g/mol. The quantitative estimate of drug-likeness (QED) is 0.731. The molecule has 3 rings (SSSR count). The van der Waals surface area contributed by atoms with E-state index in [0.29, 0.717) is 10.7 Å². The first kappa shape index (κ1) is 11.4. The van der Waals surface area contributed by atoms with Gasteiger partial charge in [-0.1, -0.05) is 23.7 Å². The molecule has 2 aromatic heterocycles. The first-order valence-corrected chi connectivity index (χ1v) is 6.47. The number of benzene rings is 1. The van der Waals surface area contributed by atoms with Crippen LogP contribution < -0.4 is 5.73 Å². The largest absolute Gasteiger partial charge is 0.397 e. The molecule has 0 spiro atoms. The highest BCUT2D eigenvalue weighted by molar-refractivity contribution is 7.99. The fraction of sp³-hybridized carbons (Fsp3) is 0. The van der Waals surface area contributed by atoms with E-state index >= 15 is 0 Å². The first-order valence-electron chi connectivity index (χ1n) is 5.27. The number of rotatable bonds is 2. The average Bonchev–Trinajstić information content (AvgIpc) is 2.79. The lowest BCUT2D eigenvalue weighted by atomic mass is 10.3. The van der Waals surface area contributed by atoms with Gasteiger partial charge in [0.2, 0.25) is 5.16 Å². The molecular weight excluding hydrogens is 268 g/mol. The molecular formula is C12H9ClN4S. The van der Waals surface area contributed by atoms with Gasteiger partial charge in [0, 0.05) is 11.1 Å². The molecule has 0 fully saturated rings. The van der Waals surface area contributed by atoms with Crippen molar-refractivity contribution in [3.05, 3.63) is 47.6 Å². The molecule has 0 saturated heterocycles. The van der Waals surface area contributed by atoms with Gasteiger partial charge in [0.05, 0.1) is 10.7 Å². The van der Waals surface area contributed by atoms with Gasteiger partial charge >= 0.3 is 0 Å². The topological polar surface area (TPSA) is 56.2 Å². The first-order chi connectivity index (χ1) is 8.75. The molecule has 0 unspecified atom stereocenters.